The first-order valence-electron chi connectivity index (χ1n) is 6.20. The van der Waals surface area contributed by atoms with Crippen LogP contribution in [0.3, 0.4) is 0 Å². The molecular weight excluding hydrogens is 246 g/mol. The maximum Gasteiger partial charge on any atom is 0.265 e. The molecule has 2 heterocycles. The van der Waals surface area contributed by atoms with Gasteiger partial charge < -0.3 is 4.42 Å². The first kappa shape index (κ1) is 13.2. The number of unbranched alkanes of at least 4 members (excludes halogenated alkanes) is 1. The Bertz CT molecular complexity index is 557. The molecule has 0 radical (unpaired) electrons. The highest BCUT2D eigenvalue weighted by Crippen LogP contribution is 2.12. The second-order valence-electron chi connectivity index (χ2n) is 4.29. The number of carbonyl (C=O) groups excluding carboxylic acids is 2. The summed E-state index contributed by atoms with van der Waals surface area (Å²) in [5, 5.41) is 5.91. The molecule has 0 aliphatic carbocycles. The first-order chi connectivity index (χ1) is 9.20. The quantitative estimate of drug-likeness (QED) is 0.605. The van der Waals surface area contributed by atoms with Gasteiger partial charge in [-0.1, -0.05) is 13.3 Å². The minimum atomic E-state index is -0.677. The summed E-state index contributed by atoms with van der Waals surface area (Å²) in [6.45, 7) is 2.11. The van der Waals surface area contributed by atoms with E-state index in [4.69, 9.17) is 4.42 Å². The van der Waals surface area contributed by atoms with Crippen LogP contribution in [0, 0.1) is 0 Å². The van der Waals surface area contributed by atoms with Crippen LogP contribution >= 0.6 is 0 Å². The van der Waals surface area contributed by atoms with E-state index in [1.54, 1.807) is 6.26 Å². The largest absolute Gasteiger partial charge is 0.469 e. The number of H-pyrrole nitrogens is 1. The molecule has 0 aliphatic heterocycles. The van der Waals surface area contributed by atoms with Crippen molar-refractivity contribution in [1.82, 2.24) is 15.2 Å². The van der Waals surface area contributed by atoms with E-state index in [-0.39, 0.29) is 12.2 Å². The fraction of sp³-hybridized carbons (Fsp3) is 0.385. The van der Waals surface area contributed by atoms with Crippen molar-refractivity contribution in [3.8, 4) is 0 Å². The van der Waals surface area contributed by atoms with Crippen LogP contribution in [0.5, 0.6) is 0 Å². The molecule has 0 saturated heterocycles. The van der Waals surface area contributed by atoms with Gasteiger partial charge in [-0.3, -0.25) is 14.7 Å². The van der Waals surface area contributed by atoms with Gasteiger partial charge in [-0.2, -0.15) is 5.10 Å². The Hall–Kier alpha value is -2.24. The number of aryl methyl sites for hydroxylation is 1. The third kappa shape index (κ3) is 3.37. The Morgan fingerprint density at radius 1 is 1.42 bits per heavy atom. The number of nitrogens with zero attached hydrogens (tertiary/aromatic N) is 2. The molecule has 0 bridgehead atoms. The zero-order chi connectivity index (χ0) is 13.7. The molecule has 0 fully saturated rings. The number of furan rings is 1. The molecule has 1 N–H and O–H groups in total. The molecule has 0 spiro atoms. The van der Waals surface area contributed by atoms with E-state index in [2.05, 4.69) is 22.1 Å². The zero-order valence-corrected chi connectivity index (χ0v) is 10.7. The molecule has 19 heavy (non-hydrogen) atoms. The molecule has 6 heteroatoms. The van der Waals surface area contributed by atoms with E-state index >= 15 is 0 Å². The van der Waals surface area contributed by atoms with Crippen LogP contribution in [-0.4, -0.2) is 26.7 Å². The van der Waals surface area contributed by atoms with Crippen molar-refractivity contribution in [2.24, 2.45) is 0 Å². The second kappa shape index (κ2) is 6.08. The van der Waals surface area contributed by atoms with Gasteiger partial charge in [0.1, 0.15) is 12.1 Å². The number of hydrogen-bond donors (Lipinski definition) is 1. The highest BCUT2D eigenvalue weighted by atomic mass is 16.3. The number of aromatic nitrogens is 3. The van der Waals surface area contributed by atoms with Crippen LogP contribution in [-0.2, 0) is 17.6 Å². The van der Waals surface area contributed by atoms with Gasteiger partial charge in [0, 0.05) is 0 Å². The van der Waals surface area contributed by atoms with Crippen molar-refractivity contribution in [3.63, 3.8) is 0 Å². The lowest BCUT2D eigenvalue weighted by atomic mass is 10.1. The smallest absolute Gasteiger partial charge is 0.265 e. The molecule has 0 unspecified atom stereocenters. The summed E-state index contributed by atoms with van der Waals surface area (Å²) in [6.07, 6.45) is 5.87. The molecule has 0 saturated carbocycles. The van der Waals surface area contributed by atoms with Crippen molar-refractivity contribution in [1.29, 1.82) is 0 Å². The van der Waals surface area contributed by atoms with E-state index in [9.17, 15) is 9.59 Å². The number of nitrogens with one attached hydrogen (secondary N) is 1. The maximum atomic E-state index is 11.7. The van der Waals surface area contributed by atoms with E-state index in [1.165, 1.54) is 6.33 Å². The Balaban J connectivity index is 1.95. The van der Waals surface area contributed by atoms with E-state index in [0.717, 1.165) is 24.8 Å². The fourth-order valence-electron chi connectivity index (χ4n) is 1.72. The molecule has 0 aliphatic rings. The van der Waals surface area contributed by atoms with Crippen LogP contribution in [0.1, 0.15) is 41.7 Å². The Labute approximate surface area is 110 Å². The first-order valence-corrected chi connectivity index (χ1v) is 6.20. The topological polar surface area (TPSA) is 88.8 Å². The number of carbonyl (C=O) groups is 2. The second-order valence-corrected chi connectivity index (χ2v) is 4.29. The Morgan fingerprint density at radius 2 is 2.26 bits per heavy atom. The highest BCUT2D eigenvalue weighted by Gasteiger charge is 2.20. The van der Waals surface area contributed by atoms with Gasteiger partial charge in [-0.05, 0) is 24.5 Å². The number of aromatic amines is 1. The number of hydrogen-bond acceptors (Lipinski definition) is 5. The summed E-state index contributed by atoms with van der Waals surface area (Å²) in [5.41, 5.74) is 1.05. The van der Waals surface area contributed by atoms with Crippen molar-refractivity contribution in [2.75, 3.05) is 0 Å². The van der Waals surface area contributed by atoms with Crippen LogP contribution < -0.4 is 0 Å². The maximum absolute atomic E-state index is 11.7. The van der Waals surface area contributed by atoms with Crippen molar-refractivity contribution >= 4 is 11.6 Å². The average Bonchev–Trinajstić information content (AvgIpc) is 3.06. The normalized spacial score (nSPS) is 10.6. The minimum Gasteiger partial charge on any atom is -0.469 e. The molecule has 0 amide bonds. The molecule has 2 aromatic heterocycles. The van der Waals surface area contributed by atoms with Gasteiger partial charge in [0.05, 0.1) is 12.7 Å². The lowest BCUT2D eigenvalue weighted by Crippen LogP contribution is -2.17. The number of ketones is 2. The van der Waals surface area contributed by atoms with Crippen LogP contribution in [0.4, 0.5) is 0 Å². The van der Waals surface area contributed by atoms with Gasteiger partial charge in [0.15, 0.2) is 5.82 Å². The van der Waals surface area contributed by atoms with Gasteiger partial charge in [0.25, 0.3) is 5.78 Å². The molecule has 0 atom stereocenters. The lowest BCUT2D eigenvalue weighted by Gasteiger charge is -1.94. The predicted octanol–water partition coefficient (Wildman–Crippen LogP) is 1.73. The summed E-state index contributed by atoms with van der Waals surface area (Å²) in [4.78, 5) is 27.1. The van der Waals surface area contributed by atoms with Crippen LogP contribution in [0.25, 0.3) is 0 Å². The third-order valence-electron chi connectivity index (χ3n) is 2.75. The Morgan fingerprint density at radius 3 is 2.95 bits per heavy atom. The van der Waals surface area contributed by atoms with Gasteiger partial charge >= 0.3 is 0 Å². The standard InChI is InChI=1S/C13H15N3O3/c1-2-3-4-9-5-10(19-7-9)6-11(17)12(18)13-14-8-15-16-13/h5,7-8H,2-4,6H2,1H3,(H,14,15,16). The highest BCUT2D eigenvalue weighted by molar-refractivity contribution is 6.42. The SMILES string of the molecule is CCCCc1coc(CC(=O)C(=O)c2ncn[nH]2)c1. The predicted molar refractivity (Wildman–Crippen MR) is 66.7 cm³/mol. The van der Waals surface area contributed by atoms with Gasteiger partial charge in [-0.15, -0.1) is 0 Å². The minimum absolute atomic E-state index is 0.0391. The fourth-order valence-corrected chi connectivity index (χ4v) is 1.72. The lowest BCUT2D eigenvalue weighted by molar-refractivity contribution is -0.114. The third-order valence-corrected chi connectivity index (χ3v) is 2.75. The number of rotatable bonds is 7. The summed E-state index contributed by atoms with van der Waals surface area (Å²) >= 11 is 0. The van der Waals surface area contributed by atoms with Crippen LogP contribution in [0.2, 0.25) is 0 Å². The van der Waals surface area contributed by atoms with E-state index in [0.29, 0.717) is 5.76 Å². The van der Waals surface area contributed by atoms with Crippen molar-refractivity contribution in [3.05, 3.63) is 35.8 Å². The average molecular weight is 261 g/mol. The Kier molecular flexibility index (Phi) is 4.22. The molecular formula is C13H15N3O3. The van der Waals surface area contributed by atoms with Crippen molar-refractivity contribution in [2.45, 2.75) is 32.6 Å². The molecule has 6 nitrogen and oxygen atoms in total. The molecule has 2 rings (SSSR count). The van der Waals surface area contributed by atoms with Crippen LogP contribution in [0.15, 0.2) is 23.1 Å². The van der Waals surface area contributed by atoms with E-state index in [1.807, 2.05) is 6.07 Å². The van der Waals surface area contributed by atoms with E-state index < -0.39 is 11.6 Å². The number of Topliss-reactive ketones (excluding diaryl/α,β-unsaturated/α-hetero) is 2. The molecule has 100 valence electrons. The molecule has 2 aromatic rings. The summed E-state index contributed by atoms with van der Waals surface area (Å²) in [7, 11) is 0. The van der Waals surface area contributed by atoms with Gasteiger partial charge in [0.2, 0.25) is 5.78 Å². The van der Waals surface area contributed by atoms with Gasteiger partial charge in [-0.25, -0.2) is 4.98 Å². The summed E-state index contributed by atoms with van der Waals surface area (Å²) in [5.74, 6) is -0.774. The molecule has 0 aromatic carbocycles. The van der Waals surface area contributed by atoms with Crippen molar-refractivity contribution < 1.29 is 14.0 Å². The summed E-state index contributed by atoms with van der Waals surface area (Å²) < 4.78 is 5.28. The monoisotopic (exact) mass is 261 g/mol. The zero-order valence-electron chi connectivity index (χ0n) is 10.7. The summed E-state index contributed by atoms with van der Waals surface area (Å²) in [6, 6.07) is 1.82.